The van der Waals surface area contributed by atoms with Gasteiger partial charge in [0.05, 0.1) is 0 Å². The molecule has 1 saturated carbocycles. The van der Waals surface area contributed by atoms with Crippen LogP contribution < -0.4 is 0 Å². The second kappa shape index (κ2) is 5.47. The number of unbranched alkanes of at least 4 members (excludes halogenated alkanes) is 2. The largest absolute Gasteiger partial charge is 0.103 e. The molecule has 0 bridgehead atoms. The molecule has 0 unspecified atom stereocenters. The summed E-state index contributed by atoms with van der Waals surface area (Å²) >= 11 is 0. The van der Waals surface area contributed by atoms with E-state index in [1.54, 1.807) is 0 Å². The Labute approximate surface area is 83.4 Å². The molecule has 0 aromatic carbocycles. The Hall–Kier alpha value is -0.260. The summed E-state index contributed by atoms with van der Waals surface area (Å²) < 4.78 is 0. The van der Waals surface area contributed by atoms with E-state index in [1.165, 1.54) is 57.8 Å². The van der Waals surface area contributed by atoms with Gasteiger partial charge in [0.25, 0.3) is 0 Å². The van der Waals surface area contributed by atoms with E-state index in [0.717, 1.165) is 0 Å². The zero-order chi connectivity index (χ0) is 9.57. The zero-order valence-electron chi connectivity index (χ0n) is 9.15. The summed E-state index contributed by atoms with van der Waals surface area (Å²) in [6, 6.07) is 0. The van der Waals surface area contributed by atoms with Gasteiger partial charge in [-0.05, 0) is 37.5 Å². The highest BCUT2D eigenvalue weighted by molar-refractivity contribution is 4.78. The Morgan fingerprint density at radius 1 is 1.15 bits per heavy atom. The normalized spacial score (nSPS) is 21.3. The fraction of sp³-hybridized carbons (Fsp3) is 0.846. The van der Waals surface area contributed by atoms with Gasteiger partial charge in [-0.15, -0.1) is 6.58 Å². The number of hydrogen-bond acceptors (Lipinski definition) is 0. The summed E-state index contributed by atoms with van der Waals surface area (Å²) in [7, 11) is 0. The molecule has 0 aromatic heterocycles. The first kappa shape index (κ1) is 10.8. The third kappa shape index (κ3) is 3.97. The quantitative estimate of drug-likeness (QED) is 0.425. The Bertz CT molecular complexity index is 140. The van der Waals surface area contributed by atoms with Crippen LogP contribution in [0.4, 0.5) is 0 Å². The fourth-order valence-corrected chi connectivity index (χ4v) is 2.50. The molecular formula is C13H24. The van der Waals surface area contributed by atoms with E-state index < -0.39 is 0 Å². The molecule has 1 aliphatic carbocycles. The highest BCUT2D eigenvalue weighted by atomic mass is 14.3. The summed E-state index contributed by atoms with van der Waals surface area (Å²) in [5.74, 6) is 0. The van der Waals surface area contributed by atoms with Crippen molar-refractivity contribution in [2.24, 2.45) is 5.41 Å². The summed E-state index contributed by atoms with van der Waals surface area (Å²) in [4.78, 5) is 0. The van der Waals surface area contributed by atoms with Crippen LogP contribution in [-0.4, -0.2) is 0 Å². The molecule has 0 aliphatic heterocycles. The van der Waals surface area contributed by atoms with Crippen LogP contribution in [0, 0.1) is 5.41 Å². The Balaban J connectivity index is 2.13. The van der Waals surface area contributed by atoms with Crippen LogP contribution in [0.1, 0.15) is 64.7 Å². The van der Waals surface area contributed by atoms with E-state index in [4.69, 9.17) is 0 Å². The van der Waals surface area contributed by atoms with Crippen molar-refractivity contribution in [3.05, 3.63) is 12.7 Å². The van der Waals surface area contributed by atoms with Crippen LogP contribution >= 0.6 is 0 Å². The molecular weight excluding hydrogens is 156 g/mol. The van der Waals surface area contributed by atoms with Crippen molar-refractivity contribution < 1.29 is 0 Å². The number of hydrogen-bond donors (Lipinski definition) is 0. The van der Waals surface area contributed by atoms with Gasteiger partial charge >= 0.3 is 0 Å². The molecule has 0 heterocycles. The smallest absolute Gasteiger partial charge is 0.0326 e. The van der Waals surface area contributed by atoms with Crippen molar-refractivity contribution in [1.29, 1.82) is 0 Å². The number of rotatable bonds is 5. The molecule has 76 valence electrons. The van der Waals surface area contributed by atoms with Gasteiger partial charge in [0, 0.05) is 0 Å². The summed E-state index contributed by atoms with van der Waals surface area (Å²) in [5.41, 5.74) is 0.694. The molecule has 0 heteroatoms. The average Bonchev–Trinajstić information content (AvgIpc) is 2.14. The van der Waals surface area contributed by atoms with Crippen LogP contribution in [0.3, 0.4) is 0 Å². The first-order chi connectivity index (χ1) is 6.27. The van der Waals surface area contributed by atoms with Gasteiger partial charge in [-0.1, -0.05) is 38.7 Å². The van der Waals surface area contributed by atoms with Crippen molar-refractivity contribution in [3.8, 4) is 0 Å². The van der Waals surface area contributed by atoms with Gasteiger partial charge < -0.3 is 0 Å². The topological polar surface area (TPSA) is 0 Å². The van der Waals surface area contributed by atoms with Crippen LogP contribution in [0.25, 0.3) is 0 Å². The van der Waals surface area contributed by atoms with Crippen LogP contribution in [0.2, 0.25) is 0 Å². The second-order valence-corrected chi connectivity index (χ2v) is 4.91. The van der Waals surface area contributed by atoms with E-state index in [-0.39, 0.29) is 0 Å². The van der Waals surface area contributed by atoms with Gasteiger partial charge in [-0.25, -0.2) is 0 Å². The highest BCUT2D eigenvalue weighted by Gasteiger charge is 2.25. The van der Waals surface area contributed by atoms with Crippen molar-refractivity contribution in [2.45, 2.75) is 64.7 Å². The van der Waals surface area contributed by atoms with Gasteiger partial charge in [0.2, 0.25) is 0 Å². The van der Waals surface area contributed by atoms with Gasteiger partial charge in [0.1, 0.15) is 0 Å². The minimum atomic E-state index is 0.694. The summed E-state index contributed by atoms with van der Waals surface area (Å²) in [6.07, 6.45) is 14.8. The maximum absolute atomic E-state index is 3.76. The lowest BCUT2D eigenvalue weighted by atomic mass is 9.72. The van der Waals surface area contributed by atoms with E-state index in [1.807, 2.05) is 6.08 Å². The lowest BCUT2D eigenvalue weighted by Crippen LogP contribution is -2.19. The lowest BCUT2D eigenvalue weighted by Gasteiger charge is -2.33. The Morgan fingerprint density at radius 3 is 2.46 bits per heavy atom. The van der Waals surface area contributed by atoms with Gasteiger partial charge in [0.15, 0.2) is 0 Å². The molecule has 0 saturated heterocycles. The Kier molecular flexibility index (Phi) is 4.55. The first-order valence-electron chi connectivity index (χ1n) is 5.88. The van der Waals surface area contributed by atoms with E-state index >= 15 is 0 Å². The van der Waals surface area contributed by atoms with Gasteiger partial charge in [-0.3, -0.25) is 0 Å². The van der Waals surface area contributed by atoms with Crippen molar-refractivity contribution in [3.63, 3.8) is 0 Å². The molecule has 0 atom stereocenters. The Morgan fingerprint density at radius 2 is 1.85 bits per heavy atom. The number of allylic oxidation sites excluding steroid dienone is 1. The summed E-state index contributed by atoms with van der Waals surface area (Å²) in [6.45, 7) is 6.25. The molecule has 0 radical (unpaired) electrons. The van der Waals surface area contributed by atoms with E-state index in [2.05, 4.69) is 13.5 Å². The average molecular weight is 180 g/mol. The summed E-state index contributed by atoms with van der Waals surface area (Å²) in [5, 5.41) is 0. The predicted molar refractivity (Wildman–Crippen MR) is 59.9 cm³/mol. The van der Waals surface area contributed by atoms with E-state index in [0.29, 0.717) is 5.41 Å². The van der Waals surface area contributed by atoms with Crippen LogP contribution in [0.15, 0.2) is 12.7 Å². The maximum atomic E-state index is 3.76. The minimum absolute atomic E-state index is 0.694. The molecule has 1 aliphatic rings. The standard InChI is InChI=1S/C13H24/c1-3-4-5-7-10-13(2)11-8-6-9-12-13/h3H,1,4-12H2,2H3. The van der Waals surface area contributed by atoms with Gasteiger partial charge in [-0.2, -0.15) is 0 Å². The molecule has 13 heavy (non-hydrogen) atoms. The third-order valence-electron chi connectivity index (χ3n) is 3.50. The maximum Gasteiger partial charge on any atom is -0.0326 e. The molecule has 0 nitrogen and oxygen atoms in total. The predicted octanol–water partition coefficient (Wildman–Crippen LogP) is 4.70. The molecule has 0 amide bonds. The second-order valence-electron chi connectivity index (χ2n) is 4.91. The first-order valence-corrected chi connectivity index (χ1v) is 5.88. The molecule has 0 spiro atoms. The monoisotopic (exact) mass is 180 g/mol. The van der Waals surface area contributed by atoms with Crippen molar-refractivity contribution >= 4 is 0 Å². The third-order valence-corrected chi connectivity index (χ3v) is 3.50. The fourth-order valence-electron chi connectivity index (χ4n) is 2.50. The van der Waals surface area contributed by atoms with Crippen LogP contribution in [-0.2, 0) is 0 Å². The minimum Gasteiger partial charge on any atom is -0.103 e. The SMILES string of the molecule is C=CCCCCC1(C)CCCCC1. The van der Waals surface area contributed by atoms with Crippen molar-refractivity contribution in [2.75, 3.05) is 0 Å². The molecule has 1 fully saturated rings. The van der Waals surface area contributed by atoms with Crippen LogP contribution in [0.5, 0.6) is 0 Å². The van der Waals surface area contributed by atoms with Crippen molar-refractivity contribution in [1.82, 2.24) is 0 Å². The lowest BCUT2D eigenvalue weighted by molar-refractivity contribution is 0.193. The molecule has 0 aromatic rings. The highest BCUT2D eigenvalue weighted by Crippen LogP contribution is 2.39. The molecule has 0 N–H and O–H groups in total. The zero-order valence-corrected chi connectivity index (χ0v) is 9.15. The van der Waals surface area contributed by atoms with E-state index in [9.17, 15) is 0 Å². The molecule has 1 rings (SSSR count).